The van der Waals surface area contributed by atoms with Crippen LogP contribution in [0.2, 0.25) is 0 Å². The van der Waals surface area contributed by atoms with Crippen LogP contribution in [0.1, 0.15) is 30.6 Å². The Hall–Kier alpha value is -1.81. The zero-order valence-electron chi connectivity index (χ0n) is 12.1. The summed E-state index contributed by atoms with van der Waals surface area (Å²) in [4.78, 5) is 14.0. The van der Waals surface area contributed by atoms with E-state index >= 15 is 0 Å². The number of hydrogen-bond donors (Lipinski definition) is 1. The normalized spacial score (nSPS) is 16.6. The molecule has 4 heteroatoms. The third-order valence-corrected chi connectivity index (χ3v) is 5.31. The van der Waals surface area contributed by atoms with E-state index in [1.165, 1.54) is 4.88 Å². The lowest BCUT2D eigenvalue weighted by Gasteiger charge is -2.26. The minimum absolute atomic E-state index is 0.118. The number of thiophene rings is 1. The number of carbonyl (C=O) groups is 1. The lowest BCUT2D eigenvalue weighted by atomic mass is 9.83. The van der Waals surface area contributed by atoms with Gasteiger partial charge in [0.15, 0.2) is 0 Å². The van der Waals surface area contributed by atoms with Crippen molar-refractivity contribution in [2.75, 3.05) is 12.4 Å². The molecule has 2 aromatic rings. The molecule has 110 valence electrons. The summed E-state index contributed by atoms with van der Waals surface area (Å²) in [5.74, 6) is 0.912. The molecule has 1 heterocycles. The second-order valence-electron chi connectivity index (χ2n) is 5.45. The average Bonchev–Trinajstić information content (AvgIpc) is 3.19. The Morgan fingerprint density at radius 1 is 1.19 bits per heavy atom. The Labute approximate surface area is 129 Å². The van der Waals surface area contributed by atoms with Gasteiger partial charge in [0.2, 0.25) is 5.91 Å². The van der Waals surface area contributed by atoms with Gasteiger partial charge in [-0.05, 0) is 48.6 Å². The fourth-order valence-electron chi connectivity index (χ4n) is 3.04. The number of anilines is 1. The average molecular weight is 301 g/mol. The molecule has 1 aromatic carbocycles. The second kappa shape index (κ2) is 5.90. The molecule has 0 saturated heterocycles. The van der Waals surface area contributed by atoms with Gasteiger partial charge in [0.1, 0.15) is 5.75 Å². The molecule has 1 fully saturated rings. The number of amides is 1. The SMILES string of the molecule is COc1ccc(NC(=O)C2(c3cccs3)CCCC2)cc1. The zero-order valence-corrected chi connectivity index (χ0v) is 12.9. The summed E-state index contributed by atoms with van der Waals surface area (Å²) >= 11 is 1.68. The maximum absolute atomic E-state index is 12.9. The van der Waals surface area contributed by atoms with E-state index in [4.69, 9.17) is 4.74 Å². The Kier molecular flexibility index (Phi) is 3.97. The van der Waals surface area contributed by atoms with Crippen molar-refractivity contribution in [3.63, 3.8) is 0 Å². The number of nitrogens with one attached hydrogen (secondary N) is 1. The van der Waals surface area contributed by atoms with Gasteiger partial charge < -0.3 is 10.1 Å². The molecule has 1 aliphatic rings. The Morgan fingerprint density at radius 3 is 2.48 bits per heavy atom. The van der Waals surface area contributed by atoms with Gasteiger partial charge in [-0.25, -0.2) is 0 Å². The number of benzene rings is 1. The van der Waals surface area contributed by atoms with E-state index in [1.54, 1.807) is 18.4 Å². The van der Waals surface area contributed by atoms with E-state index in [0.29, 0.717) is 0 Å². The van der Waals surface area contributed by atoms with Crippen LogP contribution in [0.4, 0.5) is 5.69 Å². The molecule has 0 spiro atoms. The first-order valence-electron chi connectivity index (χ1n) is 7.24. The van der Waals surface area contributed by atoms with Crippen LogP contribution in [0.5, 0.6) is 5.75 Å². The molecular weight excluding hydrogens is 282 g/mol. The molecule has 0 unspecified atom stereocenters. The monoisotopic (exact) mass is 301 g/mol. The van der Waals surface area contributed by atoms with Gasteiger partial charge in [-0.2, -0.15) is 0 Å². The summed E-state index contributed by atoms with van der Waals surface area (Å²) in [5.41, 5.74) is 0.484. The van der Waals surface area contributed by atoms with Crippen molar-refractivity contribution in [3.05, 3.63) is 46.7 Å². The highest BCUT2D eigenvalue weighted by Gasteiger charge is 2.43. The van der Waals surface area contributed by atoms with E-state index in [-0.39, 0.29) is 11.3 Å². The summed E-state index contributed by atoms with van der Waals surface area (Å²) in [6, 6.07) is 11.6. The number of ether oxygens (including phenoxy) is 1. The Bertz CT molecular complexity index is 598. The van der Waals surface area contributed by atoms with Crippen LogP contribution in [0, 0.1) is 0 Å². The van der Waals surface area contributed by atoms with E-state index in [0.717, 1.165) is 37.1 Å². The van der Waals surface area contributed by atoms with Gasteiger partial charge in [-0.1, -0.05) is 18.9 Å². The molecule has 0 atom stereocenters. The largest absolute Gasteiger partial charge is 0.497 e. The number of hydrogen-bond acceptors (Lipinski definition) is 3. The van der Waals surface area contributed by atoms with Crippen LogP contribution < -0.4 is 10.1 Å². The van der Waals surface area contributed by atoms with Crippen LogP contribution in [0.3, 0.4) is 0 Å². The van der Waals surface area contributed by atoms with Gasteiger partial charge in [-0.15, -0.1) is 11.3 Å². The zero-order chi connectivity index (χ0) is 14.7. The molecule has 3 rings (SSSR count). The molecule has 3 nitrogen and oxygen atoms in total. The van der Waals surface area contributed by atoms with Gasteiger partial charge in [0.05, 0.1) is 12.5 Å². The summed E-state index contributed by atoms with van der Waals surface area (Å²) in [6.45, 7) is 0. The van der Waals surface area contributed by atoms with Crippen molar-refractivity contribution in [2.24, 2.45) is 0 Å². The predicted molar refractivity (Wildman–Crippen MR) is 86.1 cm³/mol. The molecule has 1 aliphatic carbocycles. The highest BCUT2D eigenvalue weighted by molar-refractivity contribution is 7.10. The van der Waals surface area contributed by atoms with Crippen LogP contribution in [0.25, 0.3) is 0 Å². The third-order valence-electron chi connectivity index (χ3n) is 4.23. The number of methoxy groups -OCH3 is 1. The summed E-state index contributed by atoms with van der Waals surface area (Å²) in [6.07, 6.45) is 4.12. The summed E-state index contributed by atoms with van der Waals surface area (Å²) < 4.78 is 5.14. The van der Waals surface area contributed by atoms with E-state index < -0.39 is 0 Å². The number of rotatable bonds is 4. The summed E-state index contributed by atoms with van der Waals surface area (Å²) in [5, 5.41) is 5.13. The van der Waals surface area contributed by atoms with Crippen molar-refractivity contribution in [1.29, 1.82) is 0 Å². The first-order valence-corrected chi connectivity index (χ1v) is 8.12. The highest BCUT2D eigenvalue weighted by atomic mass is 32.1. The van der Waals surface area contributed by atoms with Gasteiger partial charge in [-0.3, -0.25) is 4.79 Å². The standard InChI is InChI=1S/C17H19NO2S/c1-20-14-8-6-13(7-9-14)18-16(19)17(10-2-3-11-17)15-5-4-12-21-15/h4-9,12H,2-3,10-11H2,1H3,(H,18,19). The smallest absolute Gasteiger partial charge is 0.235 e. The second-order valence-corrected chi connectivity index (χ2v) is 6.40. The maximum atomic E-state index is 12.9. The van der Waals surface area contributed by atoms with E-state index in [9.17, 15) is 4.79 Å². The fraction of sp³-hybridized carbons (Fsp3) is 0.353. The van der Waals surface area contributed by atoms with Crippen molar-refractivity contribution in [2.45, 2.75) is 31.1 Å². The Morgan fingerprint density at radius 2 is 1.90 bits per heavy atom. The molecule has 0 bridgehead atoms. The minimum atomic E-state index is -0.339. The highest BCUT2D eigenvalue weighted by Crippen LogP contribution is 2.43. The molecule has 0 aliphatic heterocycles. The van der Waals surface area contributed by atoms with Crippen LogP contribution in [-0.4, -0.2) is 13.0 Å². The third kappa shape index (κ3) is 2.68. The van der Waals surface area contributed by atoms with Gasteiger partial charge >= 0.3 is 0 Å². The molecule has 21 heavy (non-hydrogen) atoms. The minimum Gasteiger partial charge on any atom is -0.497 e. The van der Waals surface area contributed by atoms with E-state index in [2.05, 4.69) is 16.8 Å². The Balaban J connectivity index is 1.82. The van der Waals surface area contributed by atoms with E-state index in [1.807, 2.05) is 30.3 Å². The molecule has 1 amide bonds. The summed E-state index contributed by atoms with van der Waals surface area (Å²) in [7, 11) is 1.64. The van der Waals surface area contributed by atoms with Crippen molar-refractivity contribution in [1.82, 2.24) is 0 Å². The number of carbonyl (C=O) groups excluding carboxylic acids is 1. The topological polar surface area (TPSA) is 38.3 Å². The van der Waals surface area contributed by atoms with Gasteiger partial charge in [0, 0.05) is 10.6 Å². The van der Waals surface area contributed by atoms with Crippen LogP contribution in [-0.2, 0) is 10.2 Å². The molecule has 1 aromatic heterocycles. The first kappa shape index (κ1) is 14.1. The van der Waals surface area contributed by atoms with Crippen LogP contribution in [0.15, 0.2) is 41.8 Å². The van der Waals surface area contributed by atoms with Crippen molar-refractivity contribution < 1.29 is 9.53 Å². The predicted octanol–water partition coefficient (Wildman–Crippen LogP) is 4.21. The van der Waals surface area contributed by atoms with Crippen molar-refractivity contribution in [3.8, 4) is 5.75 Å². The van der Waals surface area contributed by atoms with Crippen molar-refractivity contribution >= 4 is 22.9 Å². The van der Waals surface area contributed by atoms with Crippen LogP contribution >= 0.6 is 11.3 Å². The maximum Gasteiger partial charge on any atom is 0.235 e. The molecule has 0 radical (unpaired) electrons. The quantitative estimate of drug-likeness (QED) is 0.918. The molecule has 1 N–H and O–H groups in total. The fourth-order valence-corrected chi connectivity index (χ4v) is 4.02. The first-order chi connectivity index (χ1) is 10.2. The molecular formula is C17H19NO2S. The lowest BCUT2D eigenvalue weighted by molar-refractivity contribution is -0.121. The lowest BCUT2D eigenvalue weighted by Crippen LogP contribution is -2.37. The van der Waals surface area contributed by atoms with Gasteiger partial charge in [0.25, 0.3) is 0 Å². The molecule has 1 saturated carbocycles.